The lowest BCUT2D eigenvalue weighted by atomic mass is 9.90. The van der Waals surface area contributed by atoms with E-state index >= 15 is 0 Å². The largest absolute Gasteiger partial charge is 0.397 e. The van der Waals surface area contributed by atoms with Crippen molar-refractivity contribution < 1.29 is 0 Å². The number of nitrogens with two attached hydrogens (primary N) is 1. The molecular weight excluding hydrogens is 220 g/mol. The summed E-state index contributed by atoms with van der Waals surface area (Å²) in [4.78, 5) is 4.60. The molecule has 0 aliphatic rings. The van der Waals surface area contributed by atoms with E-state index in [0.717, 1.165) is 22.3 Å². The molecule has 1 aromatic heterocycles. The van der Waals surface area contributed by atoms with Crippen LogP contribution >= 0.6 is 11.6 Å². The first-order chi connectivity index (χ1) is 7.38. The highest BCUT2D eigenvalue weighted by Crippen LogP contribution is 2.29. The van der Waals surface area contributed by atoms with Crippen molar-refractivity contribution >= 4 is 28.2 Å². The molecule has 0 amide bonds. The molecule has 0 saturated heterocycles. The molecule has 0 spiro atoms. The first-order valence-corrected chi connectivity index (χ1v) is 5.62. The summed E-state index contributed by atoms with van der Waals surface area (Å²) in [6.45, 7) is 6.30. The second-order valence-corrected chi connectivity index (χ2v) is 5.45. The summed E-state index contributed by atoms with van der Waals surface area (Å²) >= 11 is 5.95. The van der Waals surface area contributed by atoms with E-state index in [9.17, 15) is 0 Å². The van der Waals surface area contributed by atoms with Crippen LogP contribution in [-0.4, -0.2) is 4.98 Å². The van der Waals surface area contributed by atoms with Crippen molar-refractivity contribution in [1.29, 1.82) is 0 Å². The highest BCUT2D eigenvalue weighted by molar-refractivity contribution is 6.31. The van der Waals surface area contributed by atoms with Gasteiger partial charge in [-0.2, -0.15) is 0 Å². The molecule has 84 valence electrons. The van der Waals surface area contributed by atoms with E-state index in [1.54, 1.807) is 0 Å². The number of aromatic nitrogens is 1. The van der Waals surface area contributed by atoms with Gasteiger partial charge in [-0.3, -0.25) is 4.98 Å². The van der Waals surface area contributed by atoms with E-state index in [-0.39, 0.29) is 5.41 Å². The Balaban J connectivity index is 2.74. The first kappa shape index (κ1) is 11.2. The second kappa shape index (κ2) is 3.63. The Morgan fingerprint density at radius 1 is 1.19 bits per heavy atom. The Labute approximate surface area is 100 Å². The molecule has 0 saturated carbocycles. The van der Waals surface area contributed by atoms with Crippen molar-refractivity contribution in [2.45, 2.75) is 26.2 Å². The Hall–Kier alpha value is -1.28. The van der Waals surface area contributed by atoms with E-state index < -0.39 is 0 Å². The predicted octanol–water partition coefficient (Wildman–Crippen LogP) is 3.77. The quantitative estimate of drug-likeness (QED) is 0.754. The molecule has 16 heavy (non-hydrogen) atoms. The zero-order chi connectivity index (χ0) is 11.9. The van der Waals surface area contributed by atoms with Crippen LogP contribution in [0.15, 0.2) is 24.3 Å². The molecule has 1 heterocycles. The average Bonchev–Trinajstić information content (AvgIpc) is 2.16. The highest BCUT2D eigenvalue weighted by Gasteiger charge is 2.19. The Morgan fingerprint density at radius 3 is 2.50 bits per heavy atom. The average molecular weight is 235 g/mol. The van der Waals surface area contributed by atoms with Crippen molar-refractivity contribution in [2.24, 2.45) is 0 Å². The van der Waals surface area contributed by atoms with Gasteiger partial charge < -0.3 is 5.73 Å². The molecule has 2 rings (SSSR count). The molecule has 0 atom stereocenters. The number of rotatable bonds is 0. The number of fused-ring (bicyclic) bond motifs is 1. The van der Waals surface area contributed by atoms with E-state index in [4.69, 9.17) is 17.3 Å². The van der Waals surface area contributed by atoms with Gasteiger partial charge in [-0.05, 0) is 18.2 Å². The standard InChI is InChI=1S/C13H15ClN2/c1-13(2,3)12-10(15)6-8-4-5-9(14)7-11(8)16-12/h4-7H,15H2,1-3H3. The zero-order valence-electron chi connectivity index (χ0n) is 9.71. The maximum absolute atomic E-state index is 6.02. The van der Waals surface area contributed by atoms with Gasteiger partial charge in [0.2, 0.25) is 0 Å². The maximum Gasteiger partial charge on any atom is 0.0722 e. The molecule has 0 bridgehead atoms. The second-order valence-electron chi connectivity index (χ2n) is 5.01. The summed E-state index contributed by atoms with van der Waals surface area (Å²) in [7, 11) is 0. The van der Waals surface area contributed by atoms with E-state index in [1.165, 1.54) is 0 Å². The minimum absolute atomic E-state index is 0.0550. The molecule has 0 radical (unpaired) electrons. The molecular formula is C13H15ClN2. The molecule has 1 aromatic carbocycles. The van der Waals surface area contributed by atoms with Gasteiger partial charge in [0, 0.05) is 15.8 Å². The summed E-state index contributed by atoms with van der Waals surface area (Å²) < 4.78 is 0. The lowest BCUT2D eigenvalue weighted by Gasteiger charge is -2.20. The summed E-state index contributed by atoms with van der Waals surface area (Å²) in [5.41, 5.74) is 8.51. The Bertz CT molecular complexity index is 541. The van der Waals surface area contributed by atoms with Gasteiger partial charge in [0.25, 0.3) is 0 Å². The van der Waals surface area contributed by atoms with Gasteiger partial charge in [0.1, 0.15) is 0 Å². The van der Waals surface area contributed by atoms with Crippen molar-refractivity contribution in [3.05, 3.63) is 35.0 Å². The molecule has 0 fully saturated rings. The van der Waals surface area contributed by atoms with Crippen LogP contribution in [0.1, 0.15) is 26.5 Å². The van der Waals surface area contributed by atoms with Gasteiger partial charge in [-0.25, -0.2) is 0 Å². The molecule has 2 nitrogen and oxygen atoms in total. The smallest absolute Gasteiger partial charge is 0.0722 e. The third kappa shape index (κ3) is 1.98. The van der Waals surface area contributed by atoms with Crippen LogP contribution < -0.4 is 5.73 Å². The lowest BCUT2D eigenvalue weighted by Crippen LogP contribution is -2.16. The molecule has 0 unspecified atom stereocenters. The normalized spacial score (nSPS) is 12.0. The Kier molecular flexibility index (Phi) is 2.55. The van der Waals surface area contributed by atoms with Crippen molar-refractivity contribution in [3.63, 3.8) is 0 Å². The number of pyridine rings is 1. The molecule has 2 aromatic rings. The molecule has 2 N–H and O–H groups in total. The summed E-state index contributed by atoms with van der Waals surface area (Å²) in [6, 6.07) is 7.61. The number of hydrogen-bond donors (Lipinski definition) is 1. The number of hydrogen-bond acceptors (Lipinski definition) is 2. The Morgan fingerprint density at radius 2 is 1.88 bits per heavy atom. The van der Waals surface area contributed by atoms with Gasteiger partial charge in [-0.15, -0.1) is 0 Å². The van der Waals surface area contributed by atoms with E-state index in [0.29, 0.717) is 5.02 Å². The minimum Gasteiger partial charge on any atom is -0.397 e. The predicted molar refractivity (Wildman–Crippen MR) is 69.9 cm³/mol. The fourth-order valence-corrected chi connectivity index (χ4v) is 1.92. The minimum atomic E-state index is -0.0550. The zero-order valence-corrected chi connectivity index (χ0v) is 10.5. The third-order valence-corrected chi connectivity index (χ3v) is 2.75. The number of nitrogen functional groups attached to an aromatic ring is 1. The fourth-order valence-electron chi connectivity index (χ4n) is 1.76. The first-order valence-electron chi connectivity index (χ1n) is 5.24. The van der Waals surface area contributed by atoms with Crippen LogP contribution in [0.3, 0.4) is 0 Å². The number of anilines is 1. The summed E-state index contributed by atoms with van der Waals surface area (Å²) in [6.07, 6.45) is 0. The van der Waals surface area contributed by atoms with Crippen LogP contribution in [0, 0.1) is 0 Å². The highest BCUT2D eigenvalue weighted by atomic mass is 35.5. The van der Waals surface area contributed by atoms with Crippen LogP contribution in [0.5, 0.6) is 0 Å². The van der Waals surface area contributed by atoms with Gasteiger partial charge in [-0.1, -0.05) is 38.4 Å². The van der Waals surface area contributed by atoms with Gasteiger partial charge >= 0.3 is 0 Å². The van der Waals surface area contributed by atoms with E-state index in [2.05, 4.69) is 25.8 Å². The molecule has 0 aliphatic heterocycles. The van der Waals surface area contributed by atoms with E-state index in [1.807, 2.05) is 24.3 Å². The summed E-state index contributed by atoms with van der Waals surface area (Å²) in [5.74, 6) is 0. The lowest BCUT2D eigenvalue weighted by molar-refractivity contribution is 0.574. The molecule has 3 heteroatoms. The van der Waals surface area contributed by atoms with Gasteiger partial charge in [0.05, 0.1) is 16.9 Å². The van der Waals surface area contributed by atoms with Crippen LogP contribution in [0.25, 0.3) is 10.9 Å². The van der Waals surface area contributed by atoms with Gasteiger partial charge in [0.15, 0.2) is 0 Å². The molecule has 0 aliphatic carbocycles. The summed E-state index contributed by atoms with van der Waals surface area (Å²) in [5, 5.41) is 1.72. The third-order valence-electron chi connectivity index (χ3n) is 2.52. The van der Waals surface area contributed by atoms with Crippen LogP contribution in [0.4, 0.5) is 5.69 Å². The number of halogens is 1. The van der Waals surface area contributed by atoms with Crippen LogP contribution in [-0.2, 0) is 5.41 Å². The number of benzene rings is 1. The van der Waals surface area contributed by atoms with Crippen molar-refractivity contribution in [2.75, 3.05) is 5.73 Å². The topological polar surface area (TPSA) is 38.9 Å². The van der Waals surface area contributed by atoms with Crippen molar-refractivity contribution in [3.8, 4) is 0 Å². The van der Waals surface area contributed by atoms with Crippen LogP contribution in [0.2, 0.25) is 5.02 Å². The van der Waals surface area contributed by atoms with Crippen molar-refractivity contribution in [1.82, 2.24) is 4.98 Å². The number of nitrogens with zero attached hydrogens (tertiary/aromatic N) is 1. The SMILES string of the molecule is CC(C)(C)c1nc2cc(Cl)ccc2cc1N. The fraction of sp³-hybridized carbons (Fsp3) is 0.308. The monoisotopic (exact) mass is 234 g/mol. The maximum atomic E-state index is 6.02.